The summed E-state index contributed by atoms with van der Waals surface area (Å²) in [7, 11) is 1.51. The highest BCUT2D eigenvalue weighted by atomic mass is 16.6. The first kappa shape index (κ1) is 30.1. The van der Waals surface area contributed by atoms with Crippen molar-refractivity contribution in [1.82, 2.24) is 25.2 Å². The fourth-order valence-corrected chi connectivity index (χ4v) is 3.20. The molecule has 0 unspecified atom stereocenters. The van der Waals surface area contributed by atoms with Crippen LogP contribution in [0.25, 0.3) is 0 Å². The zero-order valence-electron chi connectivity index (χ0n) is 23.2. The minimum absolute atomic E-state index is 0.326. The van der Waals surface area contributed by atoms with Gasteiger partial charge in [-0.2, -0.15) is 4.98 Å². The van der Waals surface area contributed by atoms with Crippen LogP contribution in [0, 0.1) is 18.8 Å². The van der Waals surface area contributed by atoms with E-state index in [0.717, 1.165) is 24.3 Å². The van der Waals surface area contributed by atoms with E-state index >= 15 is 0 Å². The van der Waals surface area contributed by atoms with Crippen LogP contribution in [0.15, 0.2) is 37.2 Å². The lowest BCUT2D eigenvalue weighted by atomic mass is 10.2. The van der Waals surface area contributed by atoms with Crippen molar-refractivity contribution >= 4 is 29.5 Å². The van der Waals surface area contributed by atoms with Gasteiger partial charge in [-0.05, 0) is 52.7 Å². The first-order chi connectivity index (χ1) is 18.0. The average molecular weight is 522 g/mol. The molecule has 0 bridgehead atoms. The standard InChI is InChI=1S/C28H39N7O3/c1-8-15-30-24-21(19-32-26(34-24)33-22-14-17-29-20(3)18-22)13-11-10-12-16-31-25(36)23(9-2)35(7)27(37)38-28(4,5)6/h9,14,17-19,23H,2,8,10,12,15-16H2,1,3-7H3,(H,31,36)(H2,29,30,32,33,34)/t23-/m0/s1. The van der Waals surface area contributed by atoms with Crippen molar-refractivity contribution in [3.05, 3.63) is 48.4 Å². The van der Waals surface area contributed by atoms with Crippen LogP contribution in [-0.2, 0) is 9.53 Å². The smallest absolute Gasteiger partial charge is 0.410 e. The number of unbranched alkanes of at least 4 members (excludes halogenated alkanes) is 1. The van der Waals surface area contributed by atoms with Crippen molar-refractivity contribution in [2.24, 2.45) is 0 Å². The lowest BCUT2D eigenvalue weighted by Crippen LogP contribution is -2.48. The minimum Gasteiger partial charge on any atom is -0.444 e. The summed E-state index contributed by atoms with van der Waals surface area (Å²) in [6, 6.07) is 2.94. The van der Waals surface area contributed by atoms with Gasteiger partial charge >= 0.3 is 6.09 Å². The van der Waals surface area contributed by atoms with Crippen molar-refractivity contribution in [2.75, 3.05) is 30.8 Å². The van der Waals surface area contributed by atoms with Gasteiger partial charge in [0, 0.05) is 44.1 Å². The van der Waals surface area contributed by atoms with Crippen LogP contribution < -0.4 is 16.0 Å². The van der Waals surface area contributed by atoms with Gasteiger partial charge in [0.2, 0.25) is 11.9 Å². The Morgan fingerprint density at radius 3 is 2.68 bits per heavy atom. The molecule has 38 heavy (non-hydrogen) atoms. The molecule has 1 atom stereocenters. The van der Waals surface area contributed by atoms with E-state index < -0.39 is 17.7 Å². The van der Waals surface area contributed by atoms with Gasteiger partial charge in [0.25, 0.3) is 0 Å². The number of nitrogens with zero attached hydrogens (tertiary/aromatic N) is 4. The van der Waals surface area contributed by atoms with Gasteiger partial charge in [0.15, 0.2) is 0 Å². The van der Waals surface area contributed by atoms with Crippen molar-refractivity contribution in [3.63, 3.8) is 0 Å². The van der Waals surface area contributed by atoms with Gasteiger partial charge in [-0.25, -0.2) is 9.78 Å². The van der Waals surface area contributed by atoms with Crippen molar-refractivity contribution in [3.8, 4) is 11.8 Å². The van der Waals surface area contributed by atoms with Crippen LogP contribution in [0.4, 0.5) is 22.2 Å². The second-order valence-corrected chi connectivity index (χ2v) is 9.66. The Balaban J connectivity index is 1.93. The molecule has 0 saturated carbocycles. The van der Waals surface area contributed by atoms with E-state index in [0.29, 0.717) is 36.7 Å². The van der Waals surface area contributed by atoms with E-state index in [9.17, 15) is 9.59 Å². The first-order valence-corrected chi connectivity index (χ1v) is 12.7. The van der Waals surface area contributed by atoms with E-state index in [2.05, 4.69) is 56.2 Å². The molecule has 0 aliphatic rings. The van der Waals surface area contributed by atoms with Crippen LogP contribution >= 0.6 is 0 Å². The van der Waals surface area contributed by atoms with E-state index in [-0.39, 0.29) is 5.91 Å². The number of anilines is 3. The first-order valence-electron chi connectivity index (χ1n) is 12.7. The topological polar surface area (TPSA) is 121 Å². The van der Waals surface area contributed by atoms with Gasteiger partial charge in [-0.1, -0.05) is 24.8 Å². The SMILES string of the molecule is C=C[C@@H](C(=O)NCCCC#Cc1cnc(Nc2ccnc(C)c2)nc1NCCC)N(C)C(=O)OC(C)(C)C. The molecule has 3 N–H and O–H groups in total. The van der Waals surface area contributed by atoms with Gasteiger partial charge in [-0.15, -0.1) is 6.58 Å². The van der Waals surface area contributed by atoms with Crippen LogP contribution in [0.1, 0.15) is 58.2 Å². The van der Waals surface area contributed by atoms with Gasteiger partial charge in [0.05, 0.1) is 11.8 Å². The molecule has 2 aromatic heterocycles. The number of amides is 2. The maximum Gasteiger partial charge on any atom is 0.410 e. The van der Waals surface area contributed by atoms with Gasteiger partial charge in [-0.3, -0.25) is 14.7 Å². The largest absolute Gasteiger partial charge is 0.444 e. The van der Waals surface area contributed by atoms with Crippen LogP contribution in [-0.4, -0.2) is 63.6 Å². The zero-order chi connectivity index (χ0) is 28.1. The lowest BCUT2D eigenvalue weighted by Gasteiger charge is -2.28. The van der Waals surface area contributed by atoms with Gasteiger partial charge < -0.3 is 20.7 Å². The molecule has 0 aliphatic heterocycles. The highest BCUT2D eigenvalue weighted by Crippen LogP contribution is 2.17. The molecule has 2 heterocycles. The Labute approximate surface area is 225 Å². The molecular weight excluding hydrogens is 482 g/mol. The fourth-order valence-electron chi connectivity index (χ4n) is 3.20. The maximum atomic E-state index is 12.6. The Kier molecular flexibility index (Phi) is 11.5. The van der Waals surface area contributed by atoms with Crippen molar-refractivity contribution in [1.29, 1.82) is 0 Å². The molecule has 0 saturated heterocycles. The third-order valence-electron chi connectivity index (χ3n) is 5.08. The van der Waals surface area contributed by atoms with Crippen molar-refractivity contribution < 1.29 is 14.3 Å². The second-order valence-electron chi connectivity index (χ2n) is 9.66. The normalized spacial score (nSPS) is 11.4. The summed E-state index contributed by atoms with van der Waals surface area (Å²) in [4.78, 5) is 39.2. The zero-order valence-corrected chi connectivity index (χ0v) is 23.2. The summed E-state index contributed by atoms with van der Waals surface area (Å²) >= 11 is 0. The Hall–Kier alpha value is -4.13. The third kappa shape index (κ3) is 10.1. The molecule has 0 radical (unpaired) electrons. The number of hydrogen-bond acceptors (Lipinski definition) is 8. The van der Waals surface area contributed by atoms with Crippen molar-refractivity contribution in [2.45, 2.75) is 65.5 Å². The molecule has 0 aliphatic carbocycles. The summed E-state index contributed by atoms with van der Waals surface area (Å²) < 4.78 is 5.33. The summed E-state index contributed by atoms with van der Waals surface area (Å²) in [5.41, 5.74) is 1.80. The number of pyridine rings is 1. The quantitative estimate of drug-likeness (QED) is 0.226. The molecule has 10 nitrogen and oxygen atoms in total. The van der Waals surface area contributed by atoms with Crippen LogP contribution in [0.2, 0.25) is 0 Å². The molecule has 0 spiro atoms. The summed E-state index contributed by atoms with van der Waals surface area (Å²) in [5.74, 6) is 7.05. The number of rotatable bonds is 11. The molecule has 10 heteroatoms. The van der Waals surface area contributed by atoms with E-state index in [4.69, 9.17) is 4.74 Å². The summed E-state index contributed by atoms with van der Waals surface area (Å²) in [6.45, 7) is 14.2. The van der Waals surface area contributed by atoms with Crippen LogP contribution in [0.5, 0.6) is 0 Å². The van der Waals surface area contributed by atoms with Crippen LogP contribution in [0.3, 0.4) is 0 Å². The molecule has 2 amide bonds. The molecule has 0 aromatic carbocycles. The number of likely N-dealkylation sites (N-methyl/N-ethyl adjacent to an activating group) is 1. The number of aryl methyl sites for hydroxylation is 1. The monoisotopic (exact) mass is 521 g/mol. The maximum absolute atomic E-state index is 12.6. The van der Waals surface area contributed by atoms with E-state index in [1.54, 1.807) is 33.2 Å². The van der Waals surface area contributed by atoms with E-state index in [1.807, 2.05) is 19.1 Å². The second kappa shape index (κ2) is 14.6. The lowest BCUT2D eigenvalue weighted by molar-refractivity contribution is -0.124. The highest BCUT2D eigenvalue weighted by molar-refractivity contribution is 5.87. The number of aromatic nitrogens is 3. The number of hydrogen-bond donors (Lipinski definition) is 3. The molecule has 2 rings (SSSR count). The predicted octanol–water partition coefficient (Wildman–Crippen LogP) is 4.41. The summed E-state index contributed by atoms with van der Waals surface area (Å²) in [6.07, 6.45) is 6.39. The number of ether oxygens (including phenoxy) is 1. The third-order valence-corrected chi connectivity index (χ3v) is 5.08. The predicted molar refractivity (Wildman–Crippen MR) is 150 cm³/mol. The fraction of sp³-hybridized carbons (Fsp3) is 0.464. The number of carbonyl (C=O) groups excluding carboxylic acids is 2. The Morgan fingerprint density at radius 1 is 1.26 bits per heavy atom. The summed E-state index contributed by atoms with van der Waals surface area (Å²) in [5, 5.41) is 9.33. The van der Waals surface area contributed by atoms with Gasteiger partial charge in [0.1, 0.15) is 17.5 Å². The molecule has 0 fully saturated rings. The average Bonchev–Trinajstić information content (AvgIpc) is 2.85. The molecular formula is C28H39N7O3. The Bertz CT molecular complexity index is 1170. The Morgan fingerprint density at radius 2 is 2.03 bits per heavy atom. The van der Waals surface area contributed by atoms with E-state index in [1.165, 1.54) is 18.0 Å². The number of carbonyl (C=O) groups is 2. The molecule has 2 aromatic rings. The highest BCUT2D eigenvalue weighted by Gasteiger charge is 2.27. The number of nitrogens with one attached hydrogen (secondary N) is 3. The molecule has 204 valence electrons. The minimum atomic E-state index is -0.830.